The van der Waals surface area contributed by atoms with Crippen molar-refractivity contribution in [2.75, 3.05) is 0 Å². The number of fused-ring (bicyclic) bond motifs is 1. The zero-order valence-electron chi connectivity index (χ0n) is 10.6. The van der Waals surface area contributed by atoms with Crippen molar-refractivity contribution in [3.05, 3.63) is 53.7 Å². The minimum Gasteiger partial charge on any atom is -0.298 e. The second-order valence-corrected chi connectivity index (χ2v) is 4.51. The molecule has 0 aliphatic rings. The molecule has 3 rings (SSSR count). The Labute approximate surface area is 113 Å². The number of nitrogens with zero attached hydrogens (tertiary/aromatic N) is 2. The van der Waals surface area contributed by atoms with Crippen LogP contribution in [-0.4, -0.2) is 16.1 Å². The Hall–Kier alpha value is -2.56. The van der Waals surface area contributed by atoms with Crippen molar-refractivity contribution in [1.82, 2.24) is 9.78 Å². The molecular formula is C15H10F2N2O. The van der Waals surface area contributed by atoms with Gasteiger partial charge in [0.05, 0.1) is 11.1 Å². The molecule has 20 heavy (non-hydrogen) atoms. The maximum Gasteiger partial charge on any atom is 0.155 e. The van der Waals surface area contributed by atoms with Gasteiger partial charge in [-0.2, -0.15) is 5.10 Å². The number of aryl methyl sites for hydroxylation is 1. The predicted molar refractivity (Wildman–Crippen MR) is 71.5 cm³/mol. The number of carbonyl (C=O) groups is 1. The van der Waals surface area contributed by atoms with Crippen LogP contribution < -0.4 is 0 Å². The summed E-state index contributed by atoms with van der Waals surface area (Å²) in [6.45, 7) is 0. The quantitative estimate of drug-likeness (QED) is 0.671. The summed E-state index contributed by atoms with van der Waals surface area (Å²) in [6.07, 6.45) is 1.97. The van der Waals surface area contributed by atoms with Gasteiger partial charge in [0.1, 0.15) is 11.6 Å². The van der Waals surface area contributed by atoms with Gasteiger partial charge in [-0.05, 0) is 29.3 Å². The van der Waals surface area contributed by atoms with Crippen LogP contribution in [0, 0.1) is 11.6 Å². The number of aromatic nitrogens is 2. The minimum absolute atomic E-state index is 0.180. The Kier molecular flexibility index (Phi) is 2.82. The van der Waals surface area contributed by atoms with E-state index in [1.807, 2.05) is 6.07 Å². The lowest BCUT2D eigenvalue weighted by molar-refractivity contribution is 0.111. The Morgan fingerprint density at radius 2 is 1.90 bits per heavy atom. The van der Waals surface area contributed by atoms with E-state index < -0.39 is 17.2 Å². The molecule has 0 bridgehead atoms. The van der Waals surface area contributed by atoms with Crippen molar-refractivity contribution < 1.29 is 13.6 Å². The first kappa shape index (κ1) is 12.5. The van der Waals surface area contributed by atoms with Crippen LogP contribution in [0.3, 0.4) is 0 Å². The molecule has 1 aromatic heterocycles. The third-order valence-corrected chi connectivity index (χ3v) is 3.17. The van der Waals surface area contributed by atoms with Gasteiger partial charge in [-0.3, -0.25) is 9.48 Å². The summed E-state index contributed by atoms with van der Waals surface area (Å²) in [4.78, 5) is 10.6. The number of hydrogen-bond donors (Lipinski definition) is 0. The van der Waals surface area contributed by atoms with Crippen LogP contribution in [0.5, 0.6) is 0 Å². The SMILES string of the molecule is Cn1cc2c(-c3cc(F)c(C=O)c(F)c3)cccc2n1. The topological polar surface area (TPSA) is 34.9 Å². The van der Waals surface area contributed by atoms with E-state index >= 15 is 0 Å². The number of aldehydes is 1. The third-order valence-electron chi connectivity index (χ3n) is 3.17. The molecule has 0 saturated carbocycles. The van der Waals surface area contributed by atoms with E-state index in [9.17, 15) is 13.6 Å². The summed E-state index contributed by atoms with van der Waals surface area (Å²) < 4.78 is 29.1. The Morgan fingerprint density at radius 3 is 2.55 bits per heavy atom. The fourth-order valence-corrected chi connectivity index (χ4v) is 2.27. The zero-order valence-corrected chi connectivity index (χ0v) is 10.6. The predicted octanol–water partition coefficient (Wildman–Crippen LogP) is 3.33. The molecule has 2 aromatic carbocycles. The van der Waals surface area contributed by atoms with E-state index in [1.54, 1.807) is 30.1 Å². The molecule has 0 radical (unpaired) electrons. The second-order valence-electron chi connectivity index (χ2n) is 4.51. The average molecular weight is 272 g/mol. The first-order valence-corrected chi connectivity index (χ1v) is 5.97. The normalized spacial score (nSPS) is 10.9. The smallest absolute Gasteiger partial charge is 0.155 e. The minimum atomic E-state index is -0.865. The fourth-order valence-electron chi connectivity index (χ4n) is 2.27. The van der Waals surface area contributed by atoms with Crippen molar-refractivity contribution in [2.24, 2.45) is 7.05 Å². The summed E-state index contributed by atoms with van der Waals surface area (Å²) in [6, 6.07) is 7.68. The van der Waals surface area contributed by atoms with Crippen molar-refractivity contribution >= 4 is 17.2 Å². The molecule has 100 valence electrons. The third kappa shape index (κ3) is 1.87. The van der Waals surface area contributed by atoms with Crippen LogP contribution in [0.4, 0.5) is 8.78 Å². The molecule has 0 unspecified atom stereocenters. The molecule has 1 heterocycles. The number of benzene rings is 2. The summed E-state index contributed by atoms with van der Waals surface area (Å²) in [7, 11) is 1.78. The van der Waals surface area contributed by atoms with Gasteiger partial charge in [0, 0.05) is 18.6 Å². The van der Waals surface area contributed by atoms with E-state index in [2.05, 4.69) is 5.10 Å². The van der Waals surface area contributed by atoms with Crippen molar-refractivity contribution in [3.63, 3.8) is 0 Å². The van der Waals surface area contributed by atoms with Gasteiger partial charge in [-0.25, -0.2) is 8.78 Å². The number of halogens is 2. The van der Waals surface area contributed by atoms with Gasteiger partial charge in [0.25, 0.3) is 0 Å². The van der Waals surface area contributed by atoms with Crippen molar-refractivity contribution in [1.29, 1.82) is 0 Å². The van der Waals surface area contributed by atoms with E-state index in [-0.39, 0.29) is 6.29 Å². The van der Waals surface area contributed by atoms with Crippen molar-refractivity contribution in [2.45, 2.75) is 0 Å². The molecule has 5 heteroatoms. The van der Waals surface area contributed by atoms with Crippen LogP contribution >= 0.6 is 0 Å². The summed E-state index contributed by atoms with van der Waals surface area (Å²) in [5.74, 6) is -1.73. The molecule has 3 aromatic rings. The second kappa shape index (κ2) is 4.52. The summed E-state index contributed by atoms with van der Waals surface area (Å²) in [5, 5.41) is 5.05. The standard InChI is InChI=1S/C15H10F2N2O/c1-19-7-11-10(3-2-4-15(11)18-19)9-5-13(16)12(8-20)14(17)6-9/h2-8H,1H3. The van der Waals surface area contributed by atoms with Gasteiger partial charge >= 0.3 is 0 Å². The summed E-state index contributed by atoms with van der Waals surface area (Å²) >= 11 is 0. The van der Waals surface area contributed by atoms with Crippen LogP contribution in [0.1, 0.15) is 10.4 Å². The maximum atomic E-state index is 13.7. The number of carbonyl (C=O) groups excluding carboxylic acids is 1. The van der Waals surface area contributed by atoms with Crippen LogP contribution in [0.25, 0.3) is 22.0 Å². The molecule has 0 fully saturated rings. The molecular weight excluding hydrogens is 262 g/mol. The van der Waals surface area contributed by atoms with Crippen LogP contribution in [0.2, 0.25) is 0 Å². The lowest BCUT2D eigenvalue weighted by Gasteiger charge is -2.05. The Balaban J connectivity index is 2.28. The first-order chi connectivity index (χ1) is 9.60. The lowest BCUT2D eigenvalue weighted by atomic mass is 10.00. The number of hydrogen-bond acceptors (Lipinski definition) is 2. The Morgan fingerprint density at radius 1 is 1.20 bits per heavy atom. The van der Waals surface area contributed by atoms with E-state index in [0.29, 0.717) is 11.1 Å². The Bertz CT molecular complexity index is 801. The van der Waals surface area contributed by atoms with Crippen LogP contribution in [-0.2, 0) is 7.05 Å². The van der Waals surface area contributed by atoms with E-state index in [4.69, 9.17) is 0 Å². The molecule has 0 aliphatic heterocycles. The molecule has 0 aliphatic carbocycles. The summed E-state index contributed by atoms with van der Waals surface area (Å²) in [5.41, 5.74) is 1.24. The highest BCUT2D eigenvalue weighted by atomic mass is 19.1. The zero-order chi connectivity index (χ0) is 14.3. The highest BCUT2D eigenvalue weighted by Crippen LogP contribution is 2.30. The highest BCUT2D eigenvalue weighted by molar-refractivity contribution is 5.94. The van der Waals surface area contributed by atoms with Gasteiger partial charge < -0.3 is 0 Å². The number of rotatable bonds is 2. The van der Waals surface area contributed by atoms with E-state index in [1.165, 1.54) is 0 Å². The van der Waals surface area contributed by atoms with Gasteiger partial charge in [0.15, 0.2) is 6.29 Å². The van der Waals surface area contributed by atoms with Gasteiger partial charge in [-0.15, -0.1) is 0 Å². The molecule has 0 atom stereocenters. The monoisotopic (exact) mass is 272 g/mol. The molecule has 0 N–H and O–H groups in total. The lowest BCUT2D eigenvalue weighted by Crippen LogP contribution is -1.95. The molecule has 0 amide bonds. The van der Waals surface area contributed by atoms with Gasteiger partial charge in [-0.1, -0.05) is 12.1 Å². The van der Waals surface area contributed by atoms with E-state index in [0.717, 1.165) is 23.0 Å². The first-order valence-electron chi connectivity index (χ1n) is 5.97. The van der Waals surface area contributed by atoms with Gasteiger partial charge in [0.2, 0.25) is 0 Å². The largest absolute Gasteiger partial charge is 0.298 e. The fraction of sp³-hybridized carbons (Fsp3) is 0.0667. The molecule has 0 saturated heterocycles. The van der Waals surface area contributed by atoms with Crippen molar-refractivity contribution in [3.8, 4) is 11.1 Å². The maximum absolute atomic E-state index is 13.7. The highest BCUT2D eigenvalue weighted by Gasteiger charge is 2.13. The molecule has 3 nitrogen and oxygen atoms in total. The molecule has 0 spiro atoms. The van der Waals surface area contributed by atoms with Crippen LogP contribution in [0.15, 0.2) is 36.5 Å². The average Bonchev–Trinajstić information content (AvgIpc) is 2.78.